The van der Waals surface area contributed by atoms with Gasteiger partial charge in [0.2, 0.25) is 6.08 Å². The molecule has 77 valence electrons. The normalized spacial score (nSPS) is 11.2. The number of hydrogen-bond donors (Lipinski definition) is 0. The van der Waals surface area contributed by atoms with Gasteiger partial charge in [-0.1, -0.05) is 13.5 Å². The SMILES string of the molecule is [CH2]CC(CCCOC(=O)C=C)N=C=O. The second-order valence-electron chi connectivity index (χ2n) is 2.68. The molecular formula is C10H14NO3. The lowest BCUT2D eigenvalue weighted by Gasteiger charge is -2.06. The average Bonchev–Trinajstić information content (AvgIpc) is 2.22. The van der Waals surface area contributed by atoms with E-state index in [0.29, 0.717) is 25.9 Å². The molecule has 14 heavy (non-hydrogen) atoms. The van der Waals surface area contributed by atoms with E-state index in [9.17, 15) is 9.59 Å². The van der Waals surface area contributed by atoms with Crippen LogP contribution in [0, 0.1) is 6.92 Å². The minimum atomic E-state index is -0.435. The molecule has 1 atom stereocenters. The zero-order valence-corrected chi connectivity index (χ0v) is 8.07. The topological polar surface area (TPSA) is 55.7 Å². The first-order valence-electron chi connectivity index (χ1n) is 4.40. The van der Waals surface area contributed by atoms with Crippen molar-refractivity contribution in [1.29, 1.82) is 0 Å². The molecule has 0 heterocycles. The molecule has 0 N–H and O–H groups in total. The van der Waals surface area contributed by atoms with Crippen molar-refractivity contribution in [2.24, 2.45) is 4.99 Å². The minimum Gasteiger partial charge on any atom is -0.463 e. The van der Waals surface area contributed by atoms with Crippen LogP contribution in [0.4, 0.5) is 0 Å². The standard InChI is InChI=1S/C10H14NO3/c1-3-9(11-8-12)6-5-7-14-10(13)4-2/h4,9H,1-3,5-7H2. The molecule has 0 aliphatic carbocycles. The van der Waals surface area contributed by atoms with Crippen molar-refractivity contribution < 1.29 is 14.3 Å². The summed E-state index contributed by atoms with van der Waals surface area (Å²) in [6.07, 6.45) is 4.48. The fourth-order valence-electron chi connectivity index (χ4n) is 0.899. The van der Waals surface area contributed by atoms with E-state index >= 15 is 0 Å². The summed E-state index contributed by atoms with van der Waals surface area (Å²) in [5.41, 5.74) is 0. The lowest BCUT2D eigenvalue weighted by atomic mass is 10.1. The Morgan fingerprint density at radius 1 is 1.64 bits per heavy atom. The molecular weight excluding hydrogens is 182 g/mol. The van der Waals surface area contributed by atoms with E-state index in [4.69, 9.17) is 4.74 Å². The number of ether oxygens (including phenoxy) is 1. The Hall–Kier alpha value is -1.41. The molecule has 0 saturated heterocycles. The molecule has 1 radical (unpaired) electrons. The fourth-order valence-corrected chi connectivity index (χ4v) is 0.899. The average molecular weight is 196 g/mol. The lowest BCUT2D eigenvalue weighted by molar-refractivity contribution is -0.137. The predicted octanol–water partition coefficient (Wildman–Crippen LogP) is 1.42. The van der Waals surface area contributed by atoms with Crippen LogP contribution in [0.3, 0.4) is 0 Å². The van der Waals surface area contributed by atoms with Gasteiger partial charge in [-0.05, 0) is 19.3 Å². The Morgan fingerprint density at radius 3 is 2.86 bits per heavy atom. The third-order valence-corrected chi connectivity index (χ3v) is 1.66. The number of esters is 1. The molecule has 1 unspecified atom stereocenters. The summed E-state index contributed by atoms with van der Waals surface area (Å²) in [6, 6.07) is -0.116. The van der Waals surface area contributed by atoms with Crippen molar-refractivity contribution in [2.75, 3.05) is 6.61 Å². The summed E-state index contributed by atoms with van der Waals surface area (Å²) in [7, 11) is 0. The van der Waals surface area contributed by atoms with Crippen LogP contribution in [0.5, 0.6) is 0 Å². The van der Waals surface area contributed by atoms with Gasteiger partial charge in [-0.2, -0.15) is 0 Å². The van der Waals surface area contributed by atoms with E-state index in [2.05, 4.69) is 18.5 Å². The molecule has 0 aromatic heterocycles. The summed E-state index contributed by atoms with van der Waals surface area (Å²) < 4.78 is 4.75. The van der Waals surface area contributed by atoms with Crippen LogP contribution in [0.25, 0.3) is 0 Å². The molecule has 0 saturated carbocycles. The first-order chi connectivity index (χ1) is 6.74. The van der Waals surface area contributed by atoms with Crippen molar-refractivity contribution in [3.05, 3.63) is 19.6 Å². The van der Waals surface area contributed by atoms with Gasteiger partial charge in [0.15, 0.2) is 0 Å². The van der Waals surface area contributed by atoms with Crippen LogP contribution >= 0.6 is 0 Å². The van der Waals surface area contributed by atoms with E-state index in [1.54, 1.807) is 0 Å². The zero-order chi connectivity index (χ0) is 10.8. The maximum atomic E-state index is 10.6. The van der Waals surface area contributed by atoms with Gasteiger partial charge in [-0.15, -0.1) is 0 Å². The Morgan fingerprint density at radius 2 is 2.36 bits per heavy atom. The van der Waals surface area contributed by atoms with Gasteiger partial charge >= 0.3 is 5.97 Å². The van der Waals surface area contributed by atoms with Crippen LogP contribution in [0.1, 0.15) is 19.3 Å². The first kappa shape index (κ1) is 12.6. The second-order valence-corrected chi connectivity index (χ2v) is 2.68. The van der Waals surface area contributed by atoms with Crippen molar-refractivity contribution >= 4 is 12.0 Å². The van der Waals surface area contributed by atoms with Crippen molar-refractivity contribution in [3.8, 4) is 0 Å². The van der Waals surface area contributed by atoms with Gasteiger partial charge < -0.3 is 4.74 Å². The third kappa shape index (κ3) is 6.14. The van der Waals surface area contributed by atoms with Crippen molar-refractivity contribution in [1.82, 2.24) is 0 Å². The quantitative estimate of drug-likeness (QED) is 0.203. The monoisotopic (exact) mass is 196 g/mol. The van der Waals surface area contributed by atoms with Gasteiger partial charge in [0.25, 0.3) is 0 Å². The van der Waals surface area contributed by atoms with Gasteiger partial charge in [-0.25, -0.2) is 14.6 Å². The Labute approximate surface area is 83.7 Å². The minimum absolute atomic E-state index is 0.116. The van der Waals surface area contributed by atoms with E-state index in [-0.39, 0.29) is 6.04 Å². The highest BCUT2D eigenvalue weighted by atomic mass is 16.5. The maximum absolute atomic E-state index is 10.6. The molecule has 0 amide bonds. The van der Waals surface area contributed by atoms with Crippen LogP contribution < -0.4 is 0 Å². The summed E-state index contributed by atoms with van der Waals surface area (Å²) in [5, 5.41) is 0. The molecule has 0 aliphatic heterocycles. The number of carbonyl (C=O) groups excluding carboxylic acids is 2. The fraction of sp³-hybridized carbons (Fsp3) is 0.500. The molecule has 4 nitrogen and oxygen atoms in total. The lowest BCUT2D eigenvalue weighted by Crippen LogP contribution is -2.07. The number of nitrogens with zero attached hydrogens (tertiary/aromatic N) is 1. The van der Waals surface area contributed by atoms with E-state index in [0.717, 1.165) is 6.08 Å². The predicted molar refractivity (Wildman–Crippen MR) is 52.3 cm³/mol. The Kier molecular flexibility index (Phi) is 7.37. The van der Waals surface area contributed by atoms with Gasteiger partial charge in [0.05, 0.1) is 12.6 Å². The molecule has 0 fully saturated rings. The molecule has 0 aromatic rings. The largest absolute Gasteiger partial charge is 0.463 e. The van der Waals surface area contributed by atoms with Crippen LogP contribution in [-0.2, 0) is 14.3 Å². The summed E-state index contributed by atoms with van der Waals surface area (Å²) in [4.78, 5) is 24.1. The number of isocyanates is 1. The van der Waals surface area contributed by atoms with E-state index < -0.39 is 5.97 Å². The molecule has 0 spiro atoms. The summed E-state index contributed by atoms with van der Waals surface area (Å²) in [6.45, 7) is 7.22. The number of aliphatic imine (C=N–C) groups is 1. The number of carbonyl (C=O) groups is 1. The van der Waals surface area contributed by atoms with E-state index in [1.165, 1.54) is 6.08 Å². The first-order valence-corrected chi connectivity index (χ1v) is 4.40. The number of rotatable bonds is 7. The highest BCUT2D eigenvalue weighted by Gasteiger charge is 2.03. The van der Waals surface area contributed by atoms with Gasteiger partial charge in [-0.3, -0.25) is 0 Å². The molecule has 0 rings (SSSR count). The highest BCUT2D eigenvalue weighted by molar-refractivity contribution is 5.81. The van der Waals surface area contributed by atoms with Gasteiger partial charge in [0, 0.05) is 6.08 Å². The van der Waals surface area contributed by atoms with E-state index in [1.807, 2.05) is 0 Å². The van der Waals surface area contributed by atoms with Crippen LogP contribution in [-0.4, -0.2) is 24.7 Å². The zero-order valence-electron chi connectivity index (χ0n) is 8.07. The molecule has 0 bridgehead atoms. The number of hydrogen-bond acceptors (Lipinski definition) is 4. The van der Waals surface area contributed by atoms with Crippen molar-refractivity contribution in [3.63, 3.8) is 0 Å². The smallest absolute Gasteiger partial charge is 0.330 e. The van der Waals surface area contributed by atoms with Gasteiger partial charge in [0.1, 0.15) is 0 Å². The summed E-state index contributed by atoms with van der Waals surface area (Å²) in [5.74, 6) is -0.435. The highest BCUT2D eigenvalue weighted by Crippen LogP contribution is 2.05. The van der Waals surface area contributed by atoms with Crippen LogP contribution in [0.2, 0.25) is 0 Å². The Bertz CT molecular complexity index is 232. The summed E-state index contributed by atoms with van der Waals surface area (Å²) >= 11 is 0. The maximum Gasteiger partial charge on any atom is 0.330 e. The molecule has 0 aliphatic rings. The third-order valence-electron chi connectivity index (χ3n) is 1.66. The molecule has 4 heteroatoms. The van der Waals surface area contributed by atoms with Crippen LogP contribution in [0.15, 0.2) is 17.6 Å². The molecule has 0 aromatic carbocycles. The Balaban J connectivity index is 3.56. The van der Waals surface area contributed by atoms with Crippen molar-refractivity contribution in [2.45, 2.75) is 25.3 Å². The second kappa shape index (κ2) is 8.20.